The van der Waals surface area contributed by atoms with E-state index < -0.39 is 0 Å². The first-order valence-corrected chi connectivity index (χ1v) is 6.01. The highest BCUT2D eigenvalue weighted by Gasteiger charge is 2.23. The van der Waals surface area contributed by atoms with Gasteiger partial charge in [-0.1, -0.05) is 48.5 Å². The topological polar surface area (TPSA) is 29.3 Å². The summed E-state index contributed by atoms with van der Waals surface area (Å²) in [7, 11) is 0. The third-order valence-electron chi connectivity index (χ3n) is 3.40. The maximum atomic E-state index is 6.34. The molecule has 2 aromatic rings. The second-order valence-electron chi connectivity index (χ2n) is 4.43. The number of benzene rings is 2. The van der Waals surface area contributed by atoms with E-state index in [9.17, 15) is 0 Å². The van der Waals surface area contributed by atoms with E-state index in [1.807, 2.05) is 18.2 Å². The summed E-state index contributed by atoms with van der Waals surface area (Å²) in [6.07, 6.45) is 1.05. The number of hydrogen-bond acceptors (Lipinski definition) is 2. The Morgan fingerprint density at radius 3 is 2.47 bits per heavy atom. The van der Waals surface area contributed by atoms with Crippen LogP contribution in [0, 0.1) is 0 Å². The van der Waals surface area contributed by atoms with Crippen molar-refractivity contribution in [3.05, 3.63) is 65.7 Å². The first-order valence-electron chi connectivity index (χ1n) is 6.01. The summed E-state index contributed by atoms with van der Waals surface area (Å²) in [5.74, 6) is 0. The third kappa shape index (κ3) is 1.81. The minimum atomic E-state index is -0.0418. The molecule has 0 aromatic heterocycles. The van der Waals surface area contributed by atoms with Crippen molar-refractivity contribution in [2.45, 2.75) is 12.6 Å². The number of fused-ring (bicyclic) bond motifs is 1. The van der Waals surface area contributed by atoms with Gasteiger partial charge in [-0.25, -0.2) is 0 Å². The van der Waals surface area contributed by atoms with Gasteiger partial charge < -0.3 is 10.6 Å². The number of hydrogen-bond donors (Lipinski definition) is 1. The second-order valence-corrected chi connectivity index (χ2v) is 4.43. The summed E-state index contributed by atoms with van der Waals surface area (Å²) in [5.41, 5.74) is 10.2. The average Bonchev–Trinajstić information content (AvgIpc) is 2.83. The van der Waals surface area contributed by atoms with E-state index in [1.54, 1.807) is 0 Å². The van der Waals surface area contributed by atoms with Crippen molar-refractivity contribution in [3.63, 3.8) is 0 Å². The highest BCUT2D eigenvalue weighted by Crippen LogP contribution is 2.32. The van der Waals surface area contributed by atoms with Gasteiger partial charge in [0.05, 0.1) is 0 Å². The maximum absolute atomic E-state index is 6.34. The van der Waals surface area contributed by atoms with Crippen LogP contribution in [0.5, 0.6) is 0 Å². The Morgan fingerprint density at radius 1 is 0.941 bits per heavy atom. The van der Waals surface area contributed by atoms with Crippen molar-refractivity contribution < 1.29 is 0 Å². The summed E-state index contributed by atoms with van der Waals surface area (Å²) in [4.78, 5) is 2.28. The Balaban J connectivity index is 1.92. The molecule has 1 aliphatic rings. The quantitative estimate of drug-likeness (QED) is 0.849. The molecule has 17 heavy (non-hydrogen) atoms. The standard InChI is InChI=1S/C15H16N2/c16-15(13-7-2-1-3-8-13)17-11-10-12-6-4-5-9-14(12)17/h1-9,15H,10-11,16H2. The molecule has 0 aliphatic carbocycles. The monoisotopic (exact) mass is 224 g/mol. The van der Waals surface area contributed by atoms with Crippen LogP contribution in [0.4, 0.5) is 5.69 Å². The molecule has 0 bridgehead atoms. The minimum absolute atomic E-state index is 0.0418. The molecular weight excluding hydrogens is 208 g/mol. The van der Waals surface area contributed by atoms with Crippen molar-refractivity contribution in [2.75, 3.05) is 11.4 Å². The summed E-state index contributed by atoms with van der Waals surface area (Å²) in [5, 5.41) is 0. The molecule has 1 unspecified atom stereocenters. The fraction of sp³-hybridized carbons (Fsp3) is 0.200. The highest BCUT2D eigenvalue weighted by molar-refractivity contribution is 5.59. The van der Waals surface area contributed by atoms with Gasteiger partial charge >= 0.3 is 0 Å². The van der Waals surface area contributed by atoms with Gasteiger partial charge in [-0.15, -0.1) is 0 Å². The zero-order chi connectivity index (χ0) is 11.7. The lowest BCUT2D eigenvalue weighted by atomic mass is 10.1. The van der Waals surface area contributed by atoms with E-state index in [-0.39, 0.29) is 6.17 Å². The molecule has 2 aromatic carbocycles. The van der Waals surface area contributed by atoms with E-state index in [4.69, 9.17) is 5.73 Å². The van der Waals surface area contributed by atoms with Crippen LogP contribution in [0.3, 0.4) is 0 Å². The number of nitrogens with two attached hydrogens (primary N) is 1. The van der Waals surface area contributed by atoms with Crippen LogP contribution in [0.2, 0.25) is 0 Å². The van der Waals surface area contributed by atoms with Crippen LogP contribution in [-0.2, 0) is 6.42 Å². The smallest absolute Gasteiger partial charge is 0.103 e. The van der Waals surface area contributed by atoms with Crippen LogP contribution < -0.4 is 10.6 Å². The fourth-order valence-electron chi connectivity index (χ4n) is 2.48. The van der Waals surface area contributed by atoms with Gasteiger partial charge in [-0.3, -0.25) is 0 Å². The molecule has 0 saturated heterocycles. The van der Waals surface area contributed by atoms with Gasteiger partial charge in [0.2, 0.25) is 0 Å². The van der Waals surface area contributed by atoms with Crippen LogP contribution in [0.15, 0.2) is 54.6 Å². The lowest BCUT2D eigenvalue weighted by Crippen LogP contribution is -2.33. The first-order chi connectivity index (χ1) is 8.36. The number of nitrogens with zero attached hydrogens (tertiary/aromatic N) is 1. The summed E-state index contributed by atoms with van der Waals surface area (Å²) >= 11 is 0. The van der Waals surface area contributed by atoms with Crippen molar-refractivity contribution in [2.24, 2.45) is 5.73 Å². The van der Waals surface area contributed by atoms with Gasteiger partial charge in [-0.2, -0.15) is 0 Å². The molecule has 2 nitrogen and oxygen atoms in total. The molecule has 0 amide bonds. The SMILES string of the molecule is NC(c1ccccc1)N1CCc2ccccc21. The summed E-state index contributed by atoms with van der Waals surface area (Å²) in [6, 6.07) is 18.8. The molecule has 2 heteroatoms. The largest absolute Gasteiger partial charge is 0.352 e. The predicted octanol–water partition coefficient (Wildman–Crippen LogP) is 2.71. The molecule has 3 rings (SSSR count). The van der Waals surface area contributed by atoms with Crippen molar-refractivity contribution in [3.8, 4) is 0 Å². The van der Waals surface area contributed by atoms with Crippen LogP contribution >= 0.6 is 0 Å². The molecule has 1 aliphatic heterocycles. The van der Waals surface area contributed by atoms with E-state index in [0.717, 1.165) is 13.0 Å². The van der Waals surface area contributed by atoms with Crippen molar-refractivity contribution >= 4 is 5.69 Å². The zero-order valence-corrected chi connectivity index (χ0v) is 9.71. The molecule has 1 atom stereocenters. The van der Waals surface area contributed by atoms with Crippen molar-refractivity contribution in [1.29, 1.82) is 0 Å². The summed E-state index contributed by atoms with van der Waals surface area (Å²) in [6.45, 7) is 1.01. The average molecular weight is 224 g/mol. The number of rotatable bonds is 2. The molecular formula is C15H16N2. The normalized spacial score (nSPS) is 15.7. The third-order valence-corrected chi connectivity index (χ3v) is 3.40. The first kappa shape index (κ1) is 10.4. The number of para-hydroxylation sites is 1. The van der Waals surface area contributed by atoms with Crippen molar-refractivity contribution in [1.82, 2.24) is 0 Å². The lowest BCUT2D eigenvalue weighted by molar-refractivity contribution is 0.668. The minimum Gasteiger partial charge on any atom is -0.352 e. The second kappa shape index (κ2) is 4.22. The maximum Gasteiger partial charge on any atom is 0.103 e. The molecule has 0 fully saturated rings. The van der Waals surface area contributed by atoms with E-state index in [0.29, 0.717) is 0 Å². The Labute approximate surface area is 102 Å². The Hall–Kier alpha value is -1.80. The van der Waals surface area contributed by atoms with Gasteiger partial charge in [-0.05, 0) is 23.6 Å². The van der Waals surface area contributed by atoms with Gasteiger partial charge in [0.15, 0.2) is 0 Å². The molecule has 0 spiro atoms. The van der Waals surface area contributed by atoms with Crippen LogP contribution in [0.1, 0.15) is 17.3 Å². The Bertz CT molecular complexity index is 507. The molecule has 0 radical (unpaired) electrons. The van der Waals surface area contributed by atoms with Gasteiger partial charge in [0, 0.05) is 12.2 Å². The molecule has 0 saturated carbocycles. The van der Waals surface area contributed by atoms with E-state index in [1.165, 1.54) is 16.8 Å². The Kier molecular flexibility index (Phi) is 2.57. The number of anilines is 1. The van der Waals surface area contributed by atoms with Crippen LogP contribution in [-0.4, -0.2) is 6.54 Å². The molecule has 86 valence electrons. The zero-order valence-electron chi connectivity index (χ0n) is 9.71. The Morgan fingerprint density at radius 2 is 1.65 bits per heavy atom. The van der Waals surface area contributed by atoms with E-state index in [2.05, 4.69) is 41.3 Å². The lowest BCUT2D eigenvalue weighted by Gasteiger charge is -2.27. The van der Waals surface area contributed by atoms with Gasteiger partial charge in [0.25, 0.3) is 0 Å². The van der Waals surface area contributed by atoms with E-state index >= 15 is 0 Å². The van der Waals surface area contributed by atoms with Gasteiger partial charge in [0.1, 0.15) is 6.17 Å². The fourth-order valence-corrected chi connectivity index (χ4v) is 2.48. The molecule has 1 heterocycles. The molecule has 2 N–H and O–H groups in total. The highest BCUT2D eigenvalue weighted by atomic mass is 15.2. The summed E-state index contributed by atoms with van der Waals surface area (Å²) < 4.78 is 0. The van der Waals surface area contributed by atoms with Crippen LogP contribution in [0.25, 0.3) is 0 Å². The predicted molar refractivity (Wildman–Crippen MR) is 70.9 cm³/mol.